The van der Waals surface area contributed by atoms with Gasteiger partial charge in [0, 0.05) is 24.0 Å². The van der Waals surface area contributed by atoms with Crippen molar-refractivity contribution in [3.8, 4) is 0 Å². The summed E-state index contributed by atoms with van der Waals surface area (Å²) in [5.74, 6) is 0.783. The van der Waals surface area contributed by atoms with Gasteiger partial charge in [0.15, 0.2) is 0 Å². The van der Waals surface area contributed by atoms with Gasteiger partial charge < -0.3 is 15.0 Å². The number of anilines is 2. The fourth-order valence-electron chi connectivity index (χ4n) is 3.29. The van der Waals surface area contributed by atoms with Gasteiger partial charge in [-0.1, -0.05) is 29.8 Å². The minimum atomic E-state index is -0.0272. The van der Waals surface area contributed by atoms with E-state index in [0.29, 0.717) is 5.82 Å². The Hall–Kier alpha value is -2.11. The van der Waals surface area contributed by atoms with Crippen LogP contribution in [0.4, 0.5) is 11.5 Å². The highest BCUT2D eigenvalue weighted by molar-refractivity contribution is 6.31. The Kier molecular flexibility index (Phi) is 4.59. The van der Waals surface area contributed by atoms with Crippen LogP contribution in [0.5, 0.6) is 0 Å². The molecule has 25 heavy (non-hydrogen) atoms. The lowest BCUT2D eigenvalue weighted by atomic mass is 10.1. The van der Waals surface area contributed by atoms with Crippen LogP contribution in [0.2, 0.25) is 5.02 Å². The van der Waals surface area contributed by atoms with Crippen molar-refractivity contribution in [2.45, 2.75) is 12.3 Å². The van der Waals surface area contributed by atoms with Gasteiger partial charge in [0.1, 0.15) is 5.82 Å². The molecule has 6 heteroatoms. The summed E-state index contributed by atoms with van der Waals surface area (Å²) in [6.45, 7) is 3.22. The molecule has 2 fully saturated rings. The van der Waals surface area contributed by atoms with Crippen LogP contribution in [-0.4, -0.2) is 37.2 Å². The van der Waals surface area contributed by atoms with Gasteiger partial charge in [-0.15, -0.1) is 0 Å². The molecular formula is C19H20ClN3O2. The average Bonchev–Trinajstić information content (AvgIpc) is 3.44. The van der Waals surface area contributed by atoms with Crippen LogP contribution in [0.25, 0.3) is 0 Å². The van der Waals surface area contributed by atoms with E-state index in [4.69, 9.17) is 16.3 Å². The van der Waals surface area contributed by atoms with Crippen molar-refractivity contribution in [3.05, 3.63) is 53.2 Å². The van der Waals surface area contributed by atoms with Crippen LogP contribution in [0.3, 0.4) is 0 Å². The molecule has 1 saturated carbocycles. The normalized spacial score (nSPS) is 22.5. The summed E-state index contributed by atoms with van der Waals surface area (Å²) in [6.07, 6.45) is 2.64. The molecule has 2 unspecified atom stereocenters. The van der Waals surface area contributed by atoms with Gasteiger partial charge in [-0.25, -0.2) is 4.98 Å². The van der Waals surface area contributed by atoms with E-state index in [2.05, 4.69) is 15.2 Å². The Balaban J connectivity index is 1.36. The third-order valence-corrected chi connectivity index (χ3v) is 5.15. The van der Waals surface area contributed by atoms with E-state index in [9.17, 15) is 4.79 Å². The number of nitrogens with zero attached hydrogens (tertiary/aromatic N) is 2. The van der Waals surface area contributed by atoms with Crippen LogP contribution in [0.1, 0.15) is 17.9 Å². The summed E-state index contributed by atoms with van der Waals surface area (Å²) in [6, 6.07) is 11.6. The number of ether oxygens (including phenoxy) is 1. The van der Waals surface area contributed by atoms with Crippen LogP contribution in [0, 0.1) is 5.92 Å². The summed E-state index contributed by atoms with van der Waals surface area (Å²) in [7, 11) is 0. The summed E-state index contributed by atoms with van der Waals surface area (Å²) < 4.78 is 5.36. The third-order valence-electron chi connectivity index (χ3n) is 4.81. The first-order valence-corrected chi connectivity index (χ1v) is 8.94. The second-order valence-corrected chi connectivity index (χ2v) is 6.87. The Morgan fingerprint density at radius 1 is 1.20 bits per heavy atom. The van der Waals surface area contributed by atoms with Crippen molar-refractivity contribution < 1.29 is 9.53 Å². The molecule has 1 N–H and O–H groups in total. The van der Waals surface area contributed by atoms with Crippen LogP contribution in [0.15, 0.2) is 42.6 Å². The third kappa shape index (κ3) is 3.62. The molecule has 2 aromatic rings. The number of hydrogen-bond donors (Lipinski definition) is 1. The zero-order valence-corrected chi connectivity index (χ0v) is 14.6. The van der Waals surface area contributed by atoms with Crippen molar-refractivity contribution in [2.75, 3.05) is 36.5 Å². The van der Waals surface area contributed by atoms with Crippen molar-refractivity contribution in [3.63, 3.8) is 0 Å². The molecule has 1 aromatic heterocycles. The lowest BCUT2D eigenvalue weighted by Crippen LogP contribution is -2.36. The number of nitrogens with one attached hydrogen (secondary N) is 1. The number of morpholine rings is 1. The Labute approximate surface area is 152 Å². The molecule has 1 aliphatic heterocycles. The lowest BCUT2D eigenvalue weighted by Gasteiger charge is -2.28. The monoisotopic (exact) mass is 357 g/mol. The highest BCUT2D eigenvalue weighted by atomic mass is 35.5. The molecule has 130 valence electrons. The fraction of sp³-hybridized carbons (Fsp3) is 0.368. The van der Waals surface area contributed by atoms with E-state index in [1.807, 2.05) is 36.4 Å². The molecule has 0 radical (unpaired) electrons. The maximum Gasteiger partial charge on any atom is 0.229 e. The molecule has 0 spiro atoms. The molecule has 0 bridgehead atoms. The van der Waals surface area contributed by atoms with Gasteiger partial charge in [0.2, 0.25) is 5.91 Å². The van der Waals surface area contributed by atoms with Crippen LogP contribution in [-0.2, 0) is 9.53 Å². The summed E-state index contributed by atoms with van der Waals surface area (Å²) >= 11 is 6.22. The van der Waals surface area contributed by atoms with Gasteiger partial charge in [-0.2, -0.15) is 0 Å². The minimum absolute atomic E-state index is 0.0107. The van der Waals surface area contributed by atoms with E-state index in [1.54, 1.807) is 6.20 Å². The number of amides is 1. The Bertz CT molecular complexity index is 760. The first kappa shape index (κ1) is 16.4. The molecule has 1 aromatic carbocycles. The Morgan fingerprint density at radius 3 is 2.72 bits per heavy atom. The molecule has 2 aliphatic rings. The van der Waals surface area contributed by atoms with E-state index in [0.717, 1.165) is 49.0 Å². The number of pyridine rings is 1. The average molecular weight is 358 g/mol. The Morgan fingerprint density at radius 2 is 2.00 bits per heavy atom. The molecule has 4 rings (SSSR count). The van der Waals surface area contributed by atoms with Gasteiger partial charge >= 0.3 is 0 Å². The number of carbonyl (C=O) groups excluding carboxylic acids is 1. The number of hydrogen-bond acceptors (Lipinski definition) is 4. The quantitative estimate of drug-likeness (QED) is 0.912. The van der Waals surface area contributed by atoms with Crippen LogP contribution < -0.4 is 10.2 Å². The van der Waals surface area contributed by atoms with Crippen molar-refractivity contribution in [2.24, 2.45) is 5.92 Å². The maximum atomic E-state index is 12.4. The number of carbonyl (C=O) groups is 1. The van der Waals surface area contributed by atoms with Gasteiger partial charge in [-0.3, -0.25) is 4.79 Å². The highest BCUT2D eigenvalue weighted by Gasteiger charge is 2.44. The topological polar surface area (TPSA) is 54.5 Å². The zero-order chi connectivity index (χ0) is 17.2. The van der Waals surface area contributed by atoms with Gasteiger partial charge in [0.25, 0.3) is 0 Å². The standard InChI is InChI=1S/C19H20ClN3O2/c20-17-4-2-1-3-14(17)15-11-16(15)19(24)22-18-6-5-13(12-21-18)23-7-9-25-10-8-23/h1-6,12,15-16H,7-11H2,(H,21,22,24). The zero-order valence-electron chi connectivity index (χ0n) is 13.8. The second kappa shape index (κ2) is 7.02. The molecule has 2 atom stereocenters. The molecule has 1 saturated heterocycles. The predicted molar refractivity (Wildman–Crippen MR) is 98.2 cm³/mol. The van der Waals surface area contributed by atoms with E-state index >= 15 is 0 Å². The lowest BCUT2D eigenvalue weighted by molar-refractivity contribution is -0.117. The predicted octanol–water partition coefficient (Wildman–Crippen LogP) is 3.31. The van der Waals surface area contributed by atoms with E-state index in [1.165, 1.54) is 0 Å². The van der Waals surface area contributed by atoms with Crippen molar-refractivity contribution in [1.82, 2.24) is 4.98 Å². The minimum Gasteiger partial charge on any atom is -0.378 e. The summed E-state index contributed by atoms with van der Waals surface area (Å²) in [5, 5.41) is 3.65. The van der Waals surface area contributed by atoms with Crippen molar-refractivity contribution >= 4 is 29.0 Å². The molecular weight excluding hydrogens is 338 g/mol. The molecule has 2 heterocycles. The van der Waals surface area contributed by atoms with Gasteiger partial charge in [-0.05, 0) is 36.1 Å². The summed E-state index contributed by atoms with van der Waals surface area (Å²) in [4.78, 5) is 19.0. The highest BCUT2D eigenvalue weighted by Crippen LogP contribution is 2.49. The smallest absolute Gasteiger partial charge is 0.229 e. The van der Waals surface area contributed by atoms with E-state index < -0.39 is 0 Å². The van der Waals surface area contributed by atoms with Crippen molar-refractivity contribution in [1.29, 1.82) is 0 Å². The van der Waals surface area contributed by atoms with Gasteiger partial charge in [0.05, 0.1) is 25.1 Å². The number of benzene rings is 1. The SMILES string of the molecule is O=C(Nc1ccc(N2CCOCC2)cn1)C1CC1c1ccccc1Cl. The molecule has 1 amide bonds. The maximum absolute atomic E-state index is 12.4. The number of rotatable bonds is 4. The van der Waals surface area contributed by atoms with E-state index in [-0.39, 0.29) is 17.7 Å². The number of aromatic nitrogens is 1. The first-order valence-electron chi connectivity index (χ1n) is 8.56. The fourth-order valence-corrected chi connectivity index (χ4v) is 3.57. The first-order chi connectivity index (χ1) is 12.2. The summed E-state index contributed by atoms with van der Waals surface area (Å²) in [5.41, 5.74) is 2.11. The largest absolute Gasteiger partial charge is 0.378 e. The molecule has 5 nitrogen and oxygen atoms in total. The second-order valence-electron chi connectivity index (χ2n) is 6.46. The van der Waals surface area contributed by atoms with Crippen LogP contribution >= 0.6 is 11.6 Å². The molecule has 1 aliphatic carbocycles. The number of halogens is 1.